The van der Waals surface area contributed by atoms with Crippen molar-refractivity contribution in [3.8, 4) is 0 Å². The van der Waals surface area contributed by atoms with Crippen molar-refractivity contribution >= 4 is 5.97 Å². The molecule has 0 saturated heterocycles. The highest BCUT2D eigenvalue weighted by molar-refractivity contribution is 5.69. The molecule has 48 valence electrons. The zero-order valence-electron chi connectivity index (χ0n) is 5.14. The first-order valence-electron chi connectivity index (χ1n) is 2.54. The quantitative estimate of drug-likeness (QED) is 0.217. The molecule has 8 heavy (non-hydrogen) atoms. The Kier molecular flexibility index (Phi) is 4.03. The number of hydrogen-bond donors (Lipinski definition) is 0. The summed E-state index contributed by atoms with van der Waals surface area (Å²) in [7, 11) is 1.42. The third-order valence-corrected chi connectivity index (χ3v) is 0.775. The maximum absolute atomic E-state index is 9.59. The number of esters is 1. The monoisotopic (exact) mass is 118 g/mol. The van der Waals surface area contributed by atoms with Gasteiger partial charge in [-0.2, -0.15) is 0 Å². The summed E-state index contributed by atoms with van der Waals surface area (Å²) in [4.78, 5) is 0. The minimum atomic E-state index is 0.160. The van der Waals surface area contributed by atoms with Gasteiger partial charge in [0, 0.05) is 0 Å². The molecule has 3 heteroatoms. The highest BCUT2D eigenvalue weighted by Crippen LogP contribution is 1.87. The highest BCUT2D eigenvalue weighted by Gasteiger charge is 2.05. The van der Waals surface area contributed by atoms with E-state index >= 15 is 0 Å². The van der Waals surface area contributed by atoms with E-state index in [0.29, 0.717) is 6.42 Å². The topological polar surface area (TPSA) is 43.6 Å². The number of ether oxygens (including phenoxy) is 1. The van der Waals surface area contributed by atoms with E-state index in [2.05, 4.69) is 9.31 Å². The van der Waals surface area contributed by atoms with Gasteiger partial charge in [-0.1, -0.05) is 6.92 Å². The molecule has 0 aliphatic heterocycles. The van der Waals surface area contributed by atoms with E-state index in [1.54, 1.807) is 0 Å². The molecule has 0 N–H and O–H groups in total. The number of carbonyl (C=O) groups excluding carboxylic acids is 1. The Morgan fingerprint density at radius 3 is 2.50 bits per heavy atom. The van der Waals surface area contributed by atoms with Crippen LogP contribution in [0.4, 0.5) is 0 Å². The molecule has 0 spiro atoms. The molecule has 0 unspecified atom stereocenters. The summed E-state index contributed by atoms with van der Waals surface area (Å²) < 4.78 is 8.11. The van der Waals surface area contributed by atoms with Gasteiger partial charge in [0.2, 0.25) is 0 Å². The van der Waals surface area contributed by atoms with Gasteiger partial charge in [0.1, 0.15) is 6.42 Å². The number of methoxy groups -OCH3 is 1. The molecule has 3 nitrogen and oxygen atoms in total. The summed E-state index contributed by atoms with van der Waals surface area (Å²) in [5, 5.41) is 9.59. The Morgan fingerprint density at radius 2 is 2.38 bits per heavy atom. The average molecular weight is 118 g/mol. The van der Waals surface area contributed by atoms with Crippen molar-refractivity contribution in [2.45, 2.75) is 19.8 Å². The first kappa shape index (κ1) is 7.27. The largest absolute Gasteiger partial charge is 0.588 e. The number of rotatable bonds is 2. The van der Waals surface area contributed by atoms with E-state index in [4.69, 9.17) is 0 Å². The van der Waals surface area contributed by atoms with Crippen LogP contribution in [0.15, 0.2) is 0 Å². The molecular formula is C5H10O3. The smallest absolute Gasteiger partial charge is 0.496 e. The Morgan fingerprint density at radius 1 is 1.75 bits per heavy atom. The van der Waals surface area contributed by atoms with Gasteiger partial charge in [-0.15, -0.1) is 0 Å². The molecule has 0 aromatic carbocycles. The predicted octanol–water partition coefficient (Wildman–Crippen LogP) is -0.230. The van der Waals surface area contributed by atoms with Gasteiger partial charge >= 0.3 is 5.97 Å². The zero-order chi connectivity index (χ0) is 6.41. The van der Waals surface area contributed by atoms with Crippen LogP contribution in [0.1, 0.15) is 19.8 Å². The molecule has 0 radical (unpaired) electrons. The second kappa shape index (κ2) is 4.43. The van der Waals surface area contributed by atoms with Crippen LogP contribution >= 0.6 is 0 Å². The molecule has 0 bridgehead atoms. The van der Waals surface area contributed by atoms with Crippen LogP contribution in [0.2, 0.25) is 0 Å². The SMILES string of the molecule is CCCC(OC)=[O+][O-]. The summed E-state index contributed by atoms with van der Waals surface area (Å²) in [5.41, 5.74) is 0. The van der Waals surface area contributed by atoms with Gasteiger partial charge in [0.05, 0.1) is 0 Å². The van der Waals surface area contributed by atoms with Crippen molar-refractivity contribution in [3.63, 3.8) is 0 Å². The van der Waals surface area contributed by atoms with E-state index in [1.807, 2.05) is 6.92 Å². The van der Waals surface area contributed by atoms with Crippen molar-refractivity contribution in [1.82, 2.24) is 0 Å². The first-order chi connectivity index (χ1) is 3.85. The van der Waals surface area contributed by atoms with Crippen molar-refractivity contribution in [1.29, 1.82) is 0 Å². The lowest BCUT2D eigenvalue weighted by Gasteiger charge is -1.88. The van der Waals surface area contributed by atoms with Crippen molar-refractivity contribution in [2.75, 3.05) is 7.11 Å². The fourth-order valence-corrected chi connectivity index (χ4v) is 0.382. The maximum atomic E-state index is 9.59. The van der Waals surface area contributed by atoms with Gasteiger partial charge in [-0.25, -0.2) is 0 Å². The third kappa shape index (κ3) is 2.44. The van der Waals surface area contributed by atoms with Crippen molar-refractivity contribution in [2.24, 2.45) is 0 Å². The lowest BCUT2D eigenvalue weighted by Crippen LogP contribution is -2.11. The van der Waals surface area contributed by atoms with Crippen LogP contribution in [0.5, 0.6) is 0 Å². The van der Waals surface area contributed by atoms with Crippen molar-refractivity contribution in [3.05, 3.63) is 0 Å². The predicted molar refractivity (Wildman–Crippen MR) is 26.9 cm³/mol. The summed E-state index contributed by atoms with van der Waals surface area (Å²) in [6.45, 7) is 1.94. The van der Waals surface area contributed by atoms with Gasteiger partial charge in [0.15, 0.2) is 7.11 Å². The fraction of sp³-hybridized carbons (Fsp3) is 0.800. The highest BCUT2D eigenvalue weighted by atomic mass is 17.1. The minimum absolute atomic E-state index is 0.160. The first-order valence-corrected chi connectivity index (χ1v) is 2.54. The Labute approximate surface area is 48.5 Å². The molecule has 0 aromatic heterocycles. The normalized spacial score (nSPS) is 11.5. The van der Waals surface area contributed by atoms with E-state index in [1.165, 1.54) is 7.11 Å². The summed E-state index contributed by atoms with van der Waals surface area (Å²) in [6, 6.07) is 0. The maximum Gasteiger partial charge on any atom is 0.496 e. The molecule has 0 fully saturated rings. The van der Waals surface area contributed by atoms with Crippen LogP contribution in [-0.2, 0) is 9.31 Å². The van der Waals surface area contributed by atoms with Crippen LogP contribution in [0.25, 0.3) is 0 Å². The lowest BCUT2D eigenvalue weighted by atomic mass is 10.3. The summed E-state index contributed by atoms with van der Waals surface area (Å²) in [6.07, 6.45) is 1.45. The molecule has 0 saturated carbocycles. The Hall–Kier alpha value is -0.730. The Balaban J connectivity index is 3.38. The molecule has 0 atom stereocenters. The second-order valence-electron chi connectivity index (χ2n) is 1.41. The lowest BCUT2D eigenvalue weighted by molar-refractivity contribution is -1.05. The summed E-state index contributed by atoms with van der Waals surface area (Å²) in [5.74, 6) is 0.160. The van der Waals surface area contributed by atoms with Crippen LogP contribution in [0.3, 0.4) is 0 Å². The third-order valence-electron chi connectivity index (χ3n) is 0.775. The summed E-state index contributed by atoms with van der Waals surface area (Å²) >= 11 is 0. The number of hydrogen-bond acceptors (Lipinski definition) is 2. The van der Waals surface area contributed by atoms with Gasteiger partial charge in [-0.3, -0.25) is 4.58 Å². The molecule has 0 aliphatic carbocycles. The van der Waals surface area contributed by atoms with Crippen LogP contribution in [-0.4, -0.2) is 13.1 Å². The van der Waals surface area contributed by atoms with E-state index < -0.39 is 0 Å². The molecular weight excluding hydrogens is 108 g/mol. The van der Waals surface area contributed by atoms with E-state index in [-0.39, 0.29) is 5.97 Å². The molecule has 0 aromatic rings. The minimum Gasteiger partial charge on any atom is -0.588 e. The average Bonchev–Trinajstić information content (AvgIpc) is 1.83. The van der Waals surface area contributed by atoms with Crippen LogP contribution in [0, 0.1) is 0 Å². The van der Waals surface area contributed by atoms with E-state index in [9.17, 15) is 5.26 Å². The Bertz CT molecular complexity index is 77.7. The molecule has 0 heterocycles. The van der Waals surface area contributed by atoms with Gasteiger partial charge in [-0.05, 0) is 6.42 Å². The second-order valence-corrected chi connectivity index (χ2v) is 1.41. The van der Waals surface area contributed by atoms with Crippen molar-refractivity contribution < 1.29 is 14.6 Å². The van der Waals surface area contributed by atoms with Gasteiger partial charge in [0.25, 0.3) is 0 Å². The standard InChI is InChI=1S/C5H10O3/c1-3-4-5(7-2)8-6/h3-4H2,1-2H3. The molecule has 0 rings (SSSR count). The van der Waals surface area contributed by atoms with Gasteiger partial charge < -0.3 is 9.99 Å². The van der Waals surface area contributed by atoms with Crippen LogP contribution < -0.4 is 5.26 Å². The van der Waals surface area contributed by atoms with E-state index in [0.717, 1.165) is 6.42 Å². The molecule has 0 aliphatic rings. The molecule has 0 amide bonds. The fourth-order valence-electron chi connectivity index (χ4n) is 0.382. The zero-order valence-corrected chi connectivity index (χ0v) is 5.14.